The van der Waals surface area contributed by atoms with E-state index in [9.17, 15) is 31.2 Å². The largest absolute Gasteiger partial charge is 0.416 e. The van der Waals surface area contributed by atoms with Crippen LogP contribution in [0.5, 0.6) is 0 Å². The molecule has 0 spiro atoms. The molecule has 4 aromatic carbocycles. The van der Waals surface area contributed by atoms with Crippen molar-refractivity contribution < 1.29 is 31.2 Å². The van der Waals surface area contributed by atoms with E-state index in [1.165, 1.54) is 36.4 Å². The van der Waals surface area contributed by atoms with E-state index in [4.69, 9.17) is 11.6 Å². The van der Waals surface area contributed by atoms with Crippen molar-refractivity contribution in [1.29, 1.82) is 0 Å². The predicted molar refractivity (Wildman–Crippen MR) is 161 cm³/mol. The molecule has 0 saturated heterocycles. The van der Waals surface area contributed by atoms with Gasteiger partial charge in [0.25, 0.3) is 10.0 Å². The molecule has 0 atom stereocenters. The third kappa shape index (κ3) is 7.44. The maximum absolute atomic E-state index is 13.6. The Labute approximate surface area is 253 Å². The number of amides is 1. The van der Waals surface area contributed by atoms with Gasteiger partial charge in [-0.15, -0.1) is 0 Å². The summed E-state index contributed by atoms with van der Waals surface area (Å²) in [6, 6.07) is 22.5. The highest BCUT2D eigenvalue weighted by atomic mass is 35.5. The molecule has 4 aromatic rings. The molecular weight excluding hydrogens is 601 g/mol. The molecule has 6 nitrogen and oxygen atoms in total. The van der Waals surface area contributed by atoms with Crippen LogP contribution in [0, 0.1) is 0 Å². The third-order valence-electron chi connectivity index (χ3n) is 6.58. The zero-order valence-electron chi connectivity index (χ0n) is 23.4. The van der Waals surface area contributed by atoms with Crippen LogP contribution in [0.25, 0.3) is 0 Å². The second-order valence-corrected chi connectivity index (χ2v) is 13.0. The first-order valence-electron chi connectivity index (χ1n) is 13.1. The molecule has 0 saturated carbocycles. The summed E-state index contributed by atoms with van der Waals surface area (Å²) in [6.07, 6.45) is -4.79. The Morgan fingerprint density at radius 3 is 2.02 bits per heavy atom. The van der Waals surface area contributed by atoms with Crippen LogP contribution < -0.4 is 9.62 Å². The number of carbonyl (C=O) groups is 2. The predicted octanol–water partition coefficient (Wildman–Crippen LogP) is 7.72. The van der Waals surface area contributed by atoms with E-state index in [0.29, 0.717) is 15.9 Å². The van der Waals surface area contributed by atoms with Gasteiger partial charge in [0.05, 0.1) is 21.2 Å². The molecule has 0 unspecified atom stereocenters. The second kappa shape index (κ2) is 12.2. The summed E-state index contributed by atoms with van der Waals surface area (Å²) in [5.74, 6) is -1.16. The Kier molecular flexibility index (Phi) is 9.03. The number of anilines is 2. The smallest absolute Gasteiger partial charge is 0.324 e. The van der Waals surface area contributed by atoms with E-state index in [1.54, 1.807) is 30.3 Å². The summed E-state index contributed by atoms with van der Waals surface area (Å²) in [6.45, 7) is 5.28. The van der Waals surface area contributed by atoms with Crippen LogP contribution in [-0.4, -0.2) is 26.7 Å². The van der Waals surface area contributed by atoms with Gasteiger partial charge in [0.2, 0.25) is 5.91 Å². The number of halogens is 4. The summed E-state index contributed by atoms with van der Waals surface area (Å²) in [4.78, 5) is 26.1. The molecule has 43 heavy (non-hydrogen) atoms. The zero-order chi connectivity index (χ0) is 31.6. The lowest BCUT2D eigenvalue weighted by atomic mass is 9.86. The SMILES string of the molecule is CC(C)(C)c1ccc(C(=O)c2cccc(NC(=O)CN(c3cc(C(F)(F)F)ccc3Cl)S(=O)(=O)c3ccccc3)c2)cc1. The van der Waals surface area contributed by atoms with Gasteiger partial charge in [-0.05, 0) is 53.4 Å². The Hall–Kier alpha value is -4.15. The molecule has 0 fully saturated rings. The molecule has 0 radical (unpaired) electrons. The quantitative estimate of drug-likeness (QED) is 0.203. The number of nitrogens with zero attached hydrogens (tertiary/aromatic N) is 1. The van der Waals surface area contributed by atoms with Crippen LogP contribution in [0.2, 0.25) is 5.02 Å². The fourth-order valence-corrected chi connectivity index (χ4v) is 5.98. The van der Waals surface area contributed by atoms with Crippen molar-refractivity contribution in [2.45, 2.75) is 37.3 Å². The lowest BCUT2D eigenvalue weighted by molar-refractivity contribution is -0.137. The first-order chi connectivity index (χ1) is 20.1. The topological polar surface area (TPSA) is 83.6 Å². The van der Waals surface area contributed by atoms with Gasteiger partial charge < -0.3 is 5.32 Å². The van der Waals surface area contributed by atoms with Crippen molar-refractivity contribution in [1.82, 2.24) is 0 Å². The standard InChI is InChI=1S/C32H28ClF3N2O4S/c1-31(2,3)23-14-12-21(13-15-23)30(40)22-8-7-9-25(18-22)37-29(39)20-38(43(41,42)26-10-5-4-6-11-26)28-19-24(32(34,35)36)16-17-27(28)33/h4-19H,20H2,1-3H3,(H,37,39). The van der Waals surface area contributed by atoms with E-state index in [2.05, 4.69) is 26.1 Å². The minimum absolute atomic E-state index is 0.0913. The van der Waals surface area contributed by atoms with Gasteiger partial charge in [0.15, 0.2) is 5.78 Å². The number of nitrogens with one attached hydrogen (secondary N) is 1. The number of alkyl halides is 3. The normalized spacial score (nSPS) is 12.1. The maximum Gasteiger partial charge on any atom is 0.416 e. The van der Waals surface area contributed by atoms with Crippen molar-refractivity contribution in [3.63, 3.8) is 0 Å². The summed E-state index contributed by atoms with van der Waals surface area (Å²) < 4.78 is 68.2. The minimum atomic E-state index is -4.79. The number of sulfonamides is 1. The van der Waals surface area contributed by atoms with Crippen LogP contribution in [-0.2, 0) is 26.4 Å². The molecule has 11 heteroatoms. The first kappa shape index (κ1) is 31.8. The summed E-state index contributed by atoms with van der Waals surface area (Å²) in [5, 5.41) is 2.24. The average Bonchev–Trinajstić information content (AvgIpc) is 2.95. The fraction of sp³-hybridized carbons (Fsp3) is 0.188. The highest BCUT2D eigenvalue weighted by molar-refractivity contribution is 7.92. The van der Waals surface area contributed by atoms with E-state index >= 15 is 0 Å². The fourth-order valence-electron chi connectivity index (χ4n) is 4.26. The maximum atomic E-state index is 13.6. The van der Waals surface area contributed by atoms with Crippen LogP contribution >= 0.6 is 11.6 Å². The van der Waals surface area contributed by atoms with Crippen LogP contribution in [0.15, 0.2) is 102 Å². The van der Waals surface area contributed by atoms with Gasteiger partial charge >= 0.3 is 6.18 Å². The number of carbonyl (C=O) groups excluding carboxylic acids is 2. The lowest BCUT2D eigenvalue weighted by Gasteiger charge is -2.26. The van der Waals surface area contributed by atoms with Gasteiger partial charge in [0, 0.05) is 16.8 Å². The summed E-state index contributed by atoms with van der Waals surface area (Å²) in [7, 11) is -4.53. The molecule has 1 N–H and O–H groups in total. The Bertz CT molecular complexity index is 1750. The Morgan fingerprint density at radius 2 is 1.42 bits per heavy atom. The molecule has 0 aliphatic carbocycles. The molecule has 0 aliphatic rings. The number of benzene rings is 4. The van der Waals surface area contributed by atoms with E-state index in [0.717, 1.165) is 17.7 Å². The van der Waals surface area contributed by atoms with Crippen molar-refractivity contribution in [2.75, 3.05) is 16.2 Å². The van der Waals surface area contributed by atoms with E-state index in [-0.39, 0.29) is 32.4 Å². The summed E-state index contributed by atoms with van der Waals surface area (Å²) >= 11 is 6.18. The number of rotatable bonds is 8. The first-order valence-corrected chi connectivity index (χ1v) is 14.9. The van der Waals surface area contributed by atoms with Gasteiger partial charge in [0.1, 0.15) is 6.54 Å². The van der Waals surface area contributed by atoms with Gasteiger partial charge in [-0.1, -0.05) is 87.0 Å². The lowest BCUT2D eigenvalue weighted by Crippen LogP contribution is -2.38. The minimum Gasteiger partial charge on any atom is -0.324 e. The molecule has 0 aromatic heterocycles. The summed E-state index contributed by atoms with van der Waals surface area (Å²) in [5.41, 5.74) is 0.217. The molecule has 0 bridgehead atoms. The van der Waals surface area contributed by atoms with Gasteiger partial charge in [-0.25, -0.2) is 8.42 Å². The molecule has 224 valence electrons. The highest BCUT2D eigenvalue weighted by Crippen LogP contribution is 2.37. The zero-order valence-corrected chi connectivity index (χ0v) is 25.0. The Balaban J connectivity index is 1.63. The van der Waals surface area contributed by atoms with Gasteiger partial charge in [-0.2, -0.15) is 13.2 Å². The van der Waals surface area contributed by atoms with Crippen molar-refractivity contribution in [3.8, 4) is 0 Å². The third-order valence-corrected chi connectivity index (χ3v) is 8.68. The van der Waals surface area contributed by atoms with Crippen molar-refractivity contribution in [3.05, 3.63) is 124 Å². The van der Waals surface area contributed by atoms with Crippen molar-refractivity contribution in [2.24, 2.45) is 0 Å². The number of hydrogen-bond acceptors (Lipinski definition) is 4. The Morgan fingerprint density at radius 1 is 0.791 bits per heavy atom. The molecule has 0 heterocycles. The van der Waals surface area contributed by atoms with E-state index < -0.39 is 39.9 Å². The molecular formula is C32H28ClF3N2O4S. The molecule has 4 rings (SSSR count). The molecule has 1 amide bonds. The monoisotopic (exact) mass is 628 g/mol. The van der Waals surface area contributed by atoms with Gasteiger partial charge in [-0.3, -0.25) is 13.9 Å². The highest BCUT2D eigenvalue weighted by Gasteiger charge is 2.34. The van der Waals surface area contributed by atoms with Crippen LogP contribution in [0.4, 0.5) is 24.5 Å². The average molecular weight is 629 g/mol. The number of hydrogen-bond donors (Lipinski definition) is 1. The van der Waals surface area contributed by atoms with Crippen LogP contribution in [0.1, 0.15) is 47.8 Å². The molecule has 0 aliphatic heterocycles. The van der Waals surface area contributed by atoms with Crippen LogP contribution in [0.3, 0.4) is 0 Å². The number of ketones is 1. The second-order valence-electron chi connectivity index (χ2n) is 10.8. The van der Waals surface area contributed by atoms with Crippen molar-refractivity contribution >= 4 is 44.7 Å². The van der Waals surface area contributed by atoms with E-state index in [1.807, 2.05) is 12.1 Å².